The van der Waals surface area contributed by atoms with Crippen LogP contribution in [-0.2, 0) is 6.54 Å². The summed E-state index contributed by atoms with van der Waals surface area (Å²) in [5.41, 5.74) is 7.95. The molecule has 1 aliphatic rings. The molecule has 0 unspecified atom stereocenters. The number of benzene rings is 1. The number of likely N-dealkylation sites (tertiary alicyclic amines) is 1. The van der Waals surface area contributed by atoms with Gasteiger partial charge in [0.1, 0.15) is 11.4 Å². The van der Waals surface area contributed by atoms with Crippen LogP contribution in [0.1, 0.15) is 18.5 Å². The van der Waals surface area contributed by atoms with Crippen molar-refractivity contribution in [2.24, 2.45) is 11.7 Å². The maximum atomic E-state index is 5.77. The fourth-order valence-corrected chi connectivity index (χ4v) is 3.08. The Bertz CT molecular complexity index is 608. The van der Waals surface area contributed by atoms with Gasteiger partial charge < -0.3 is 10.5 Å². The van der Waals surface area contributed by atoms with Crippen LogP contribution in [-0.4, -0.2) is 41.4 Å². The molecule has 1 aliphatic heterocycles. The van der Waals surface area contributed by atoms with Gasteiger partial charge in [-0.1, -0.05) is 12.1 Å². The van der Waals surface area contributed by atoms with Crippen molar-refractivity contribution in [3.8, 4) is 11.4 Å². The van der Waals surface area contributed by atoms with Crippen LogP contribution in [0.15, 0.2) is 36.5 Å². The van der Waals surface area contributed by atoms with Gasteiger partial charge in [-0.05, 0) is 56.6 Å². The molecule has 6 heteroatoms. The van der Waals surface area contributed by atoms with Crippen molar-refractivity contribution in [3.05, 3.63) is 42.2 Å². The van der Waals surface area contributed by atoms with Crippen molar-refractivity contribution in [2.45, 2.75) is 19.4 Å². The first-order valence-corrected chi connectivity index (χ1v) is 7.90. The normalized spacial score (nSPS) is 16.1. The Morgan fingerprint density at radius 3 is 2.65 bits per heavy atom. The standard InChI is InChI=1S/C17H24N4O.ClH/c1-22-17-5-3-2-4-16(17)21-15(6-9-19-21)13-20-10-7-14(12-18)8-11-20;/h2-6,9,14H,7-8,10-13,18H2,1H3;1H. The first-order chi connectivity index (χ1) is 10.8. The zero-order valence-electron chi connectivity index (χ0n) is 13.5. The van der Waals surface area contributed by atoms with Gasteiger partial charge in [0.2, 0.25) is 0 Å². The Labute approximate surface area is 143 Å². The number of methoxy groups -OCH3 is 1. The molecule has 1 saturated heterocycles. The molecule has 126 valence electrons. The molecule has 2 N–H and O–H groups in total. The van der Waals surface area contributed by atoms with Gasteiger partial charge in [-0.25, -0.2) is 4.68 Å². The van der Waals surface area contributed by atoms with Crippen LogP contribution >= 0.6 is 12.4 Å². The minimum atomic E-state index is 0. The Balaban J connectivity index is 0.00000192. The van der Waals surface area contributed by atoms with Crippen molar-refractivity contribution in [2.75, 3.05) is 26.7 Å². The Morgan fingerprint density at radius 2 is 1.96 bits per heavy atom. The molecule has 23 heavy (non-hydrogen) atoms. The fraction of sp³-hybridized carbons (Fsp3) is 0.471. The van der Waals surface area contributed by atoms with E-state index < -0.39 is 0 Å². The van der Waals surface area contributed by atoms with E-state index in [1.54, 1.807) is 7.11 Å². The zero-order valence-corrected chi connectivity index (χ0v) is 14.3. The lowest BCUT2D eigenvalue weighted by molar-refractivity contribution is 0.177. The Morgan fingerprint density at radius 1 is 1.22 bits per heavy atom. The number of nitrogens with zero attached hydrogens (tertiary/aromatic N) is 3. The molecular weight excluding hydrogens is 312 g/mol. The van der Waals surface area contributed by atoms with Crippen molar-refractivity contribution in [1.29, 1.82) is 0 Å². The van der Waals surface area contributed by atoms with Gasteiger partial charge in [0.15, 0.2) is 0 Å². The molecule has 1 fully saturated rings. The van der Waals surface area contributed by atoms with Crippen LogP contribution < -0.4 is 10.5 Å². The number of para-hydroxylation sites is 2. The zero-order chi connectivity index (χ0) is 15.4. The van der Waals surface area contributed by atoms with Crippen LogP contribution in [0.3, 0.4) is 0 Å². The summed E-state index contributed by atoms with van der Waals surface area (Å²) < 4.78 is 7.43. The minimum absolute atomic E-state index is 0. The van der Waals surface area contributed by atoms with E-state index in [0.29, 0.717) is 5.92 Å². The molecule has 0 radical (unpaired) electrons. The fourth-order valence-electron chi connectivity index (χ4n) is 3.08. The second-order valence-corrected chi connectivity index (χ2v) is 5.86. The van der Waals surface area contributed by atoms with Crippen molar-refractivity contribution in [3.63, 3.8) is 0 Å². The number of piperidine rings is 1. The highest BCUT2D eigenvalue weighted by atomic mass is 35.5. The van der Waals surface area contributed by atoms with Gasteiger partial charge in [-0.15, -0.1) is 12.4 Å². The lowest BCUT2D eigenvalue weighted by atomic mass is 9.97. The maximum Gasteiger partial charge on any atom is 0.144 e. The van der Waals surface area contributed by atoms with E-state index in [9.17, 15) is 0 Å². The SMILES string of the molecule is COc1ccccc1-n1nccc1CN1CCC(CN)CC1.Cl. The average Bonchev–Trinajstić information content (AvgIpc) is 3.03. The lowest BCUT2D eigenvalue weighted by Gasteiger charge is -2.31. The number of ether oxygens (including phenoxy) is 1. The van der Waals surface area contributed by atoms with Crippen molar-refractivity contribution in [1.82, 2.24) is 14.7 Å². The molecule has 0 spiro atoms. The van der Waals surface area contributed by atoms with E-state index >= 15 is 0 Å². The molecule has 0 amide bonds. The molecule has 2 heterocycles. The predicted molar refractivity (Wildman–Crippen MR) is 94.4 cm³/mol. The number of hydrogen-bond acceptors (Lipinski definition) is 4. The predicted octanol–water partition coefficient (Wildman–Crippen LogP) is 2.47. The van der Waals surface area contributed by atoms with Crippen molar-refractivity contribution >= 4 is 12.4 Å². The molecule has 1 aromatic carbocycles. The molecule has 5 nitrogen and oxygen atoms in total. The lowest BCUT2D eigenvalue weighted by Crippen LogP contribution is -2.36. The molecular formula is C17H25ClN4O. The van der Waals surface area contributed by atoms with Gasteiger partial charge in [-0.2, -0.15) is 5.10 Å². The first kappa shape index (κ1) is 17.8. The monoisotopic (exact) mass is 336 g/mol. The third kappa shape index (κ3) is 4.05. The summed E-state index contributed by atoms with van der Waals surface area (Å²) in [4.78, 5) is 2.48. The minimum Gasteiger partial charge on any atom is -0.494 e. The van der Waals surface area contributed by atoms with Crippen LogP contribution in [0, 0.1) is 5.92 Å². The number of nitrogens with two attached hydrogens (primary N) is 1. The molecule has 3 rings (SSSR count). The highest BCUT2D eigenvalue weighted by Crippen LogP contribution is 2.24. The summed E-state index contributed by atoms with van der Waals surface area (Å²) in [6.45, 7) is 3.94. The van der Waals surface area contributed by atoms with Crippen LogP contribution in [0.5, 0.6) is 5.75 Å². The largest absolute Gasteiger partial charge is 0.494 e. The van der Waals surface area contributed by atoms with E-state index in [4.69, 9.17) is 10.5 Å². The van der Waals surface area contributed by atoms with Crippen molar-refractivity contribution < 1.29 is 4.74 Å². The van der Waals surface area contributed by atoms with Gasteiger partial charge >= 0.3 is 0 Å². The van der Waals surface area contributed by atoms with Crippen LogP contribution in [0.25, 0.3) is 5.69 Å². The summed E-state index contributed by atoms with van der Waals surface area (Å²) in [7, 11) is 1.69. The number of halogens is 1. The smallest absolute Gasteiger partial charge is 0.144 e. The van der Waals surface area contributed by atoms with Crippen LogP contribution in [0.4, 0.5) is 0 Å². The third-order valence-corrected chi connectivity index (χ3v) is 4.46. The third-order valence-electron chi connectivity index (χ3n) is 4.46. The van der Waals surface area contributed by atoms with E-state index in [0.717, 1.165) is 37.6 Å². The molecule has 0 saturated carbocycles. The Kier molecular flexibility index (Phi) is 6.45. The maximum absolute atomic E-state index is 5.77. The summed E-state index contributed by atoms with van der Waals surface area (Å²) in [6.07, 6.45) is 4.24. The molecule has 2 aromatic rings. The summed E-state index contributed by atoms with van der Waals surface area (Å²) in [5, 5.41) is 4.48. The first-order valence-electron chi connectivity index (χ1n) is 7.90. The average molecular weight is 337 g/mol. The highest BCUT2D eigenvalue weighted by molar-refractivity contribution is 5.85. The summed E-state index contributed by atoms with van der Waals surface area (Å²) in [5.74, 6) is 1.53. The van der Waals surface area contributed by atoms with Crippen LogP contribution in [0.2, 0.25) is 0 Å². The molecule has 0 aliphatic carbocycles. The van der Waals surface area contributed by atoms with Gasteiger partial charge in [0, 0.05) is 12.7 Å². The second-order valence-electron chi connectivity index (χ2n) is 5.86. The van der Waals surface area contributed by atoms with Gasteiger partial charge in [0.25, 0.3) is 0 Å². The van der Waals surface area contributed by atoms with E-state index in [2.05, 4.69) is 16.1 Å². The quantitative estimate of drug-likeness (QED) is 0.911. The topological polar surface area (TPSA) is 56.3 Å². The van der Waals surface area contributed by atoms with E-state index in [1.807, 2.05) is 35.1 Å². The van der Waals surface area contributed by atoms with E-state index in [-0.39, 0.29) is 12.4 Å². The second kappa shape index (κ2) is 8.34. The number of rotatable bonds is 5. The van der Waals surface area contributed by atoms with Gasteiger partial charge in [0.05, 0.1) is 12.8 Å². The van der Waals surface area contributed by atoms with Gasteiger partial charge in [-0.3, -0.25) is 4.90 Å². The molecule has 0 bridgehead atoms. The summed E-state index contributed by atoms with van der Waals surface area (Å²) >= 11 is 0. The number of aromatic nitrogens is 2. The molecule has 0 atom stereocenters. The highest BCUT2D eigenvalue weighted by Gasteiger charge is 2.19. The summed E-state index contributed by atoms with van der Waals surface area (Å²) in [6, 6.07) is 10.1. The van der Waals surface area contributed by atoms with E-state index in [1.165, 1.54) is 18.5 Å². The molecule has 1 aromatic heterocycles. The number of hydrogen-bond donors (Lipinski definition) is 1. The Hall–Kier alpha value is -1.56.